The Kier molecular flexibility index (Phi) is 8.17. The van der Waals surface area contributed by atoms with Crippen molar-refractivity contribution in [3.63, 3.8) is 0 Å². The van der Waals surface area contributed by atoms with Crippen LogP contribution in [-0.2, 0) is 19.3 Å². The van der Waals surface area contributed by atoms with Gasteiger partial charge in [0.1, 0.15) is 17.5 Å². The third kappa shape index (κ3) is 5.19. The van der Waals surface area contributed by atoms with Gasteiger partial charge in [-0.2, -0.15) is 5.10 Å². The van der Waals surface area contributed by atoms with Gasteiger partial charge in [0.05, 0.1) is 5.69 Å². The van der Waals surface area contributed by atoms with Crippen molar-refractivity contribution in [1.29, 1.82) is 0 Å². The SMILES string of the molecule is Cc1nc2c(c(NCCc3nc(-c4ccccc4)n[nH]3)n1)CCNCC2.Cl.Cl. The molecule has 9 heteroatoms. The number of anilines is 1. The zero-order chi connectivity index (χ0) is 17.8. The molecule has 4 rings (SSSR count). The van der Waals surface area contributed by atoms with Crippen molar-refractivity contribution in [2.24, 2.45) is 0 Å². The van der Waals surface area contributed by atoms with Gasteiger partial charge >= 0.3 is 0 Å². The van der Waals surface area contributed by atoms with Gasteiger partial charge in [0.25, 0.3) is 0 Å². The Labute approximate surface area is 177 Å². The van der Waals surface area contributed by atoms with E-state index in [2.05, 4.69) is 35.8 Å². The summed E-state index contributed by atoms with van der Waals surface area (Å²) < 4.78 is 0. The van der Waals surface area contributed by atoms with E-state index in [-0.39, 0.29) is 24.8 Å². The summed E-state index contributed by atoms with van der Waals surface area (Å²) in [6, 6.07) is 10.00. The Morgan fingerprint density at radius 1 is 1.00 bits per heavy atom. The summed E-state index contributed by atoms with van der Waals surface area (Å²) in [4.78, 5) is 13.8. The number of rotatable bonds is 5. The van der Waals surface area contributed by atoms with Crippen LogP contribution in [0.15, 0.2) is 30.3 Å². The first-order valence-corrected chi connectivity index (χ1v) is 9.07. The van der Waals surface area contributed by atoms with Crippen LogP contribution in [0.4, 0.5) is 5.82 Å². The van der Waals surface area contributed by atoms with E-state index in [1.807, 2.05) is 37.3 Å². The van der Waals surface area contributed by atoms with Crippen molar-refractivity contribution < 1.29 is 0 Å². The summed E-state index contributed by atoms with van der Waals surface area (Å²) in [6.07, 6.45) is 2.67. The number of halogens is 2. The van der Waals surface area contributed by atoms with Gasteiger partial charge < -0.3 is 10.6 Å². The standard InChI is InChI=1S/C19H23N7.2ClH/c1-13-22-16-8-11-20-10-7-15(16)19(23-13)21-12-9-17-24-18(26-25-17)14-5-3-2-4-6-14;;/h2-6,20H,7-12H2,1H3,(H,21,22,23)(H,24,25,26);2*1H. The van der Waals surface area contributed by atoms with E-state index < -0.39 is 0 Å². The maximum absolute atomic E-state index is 4.62. The third-order valence-electron chi connectivity index (χ3n) is 4.51. The Hall–Kier alpha value is -2.22. The molecule has 1 aromatic carbocycles. The molecule has 0 spiro atoms. The highest BCUT2D eigenvalue weighted by Crippen LogP contribution is 2.19. The lowest BCUT2D eigenvalue weighted by Gasteiger charge is -2.13. The van der Waals surface area contributed by atoms with E-state index in [1.54, 1.807) is 0 Å². The Morgan fingerprint density at radius 3 is 2.61 bits per heavy atom. The zero-order valence-electron chi connectivity index (χ0n) is 15.7. The monoisotopic (exact) mass is 421 g/mol. The smallest absolute Gasteiger partial charge is 0.181 e. The van der Waals surface area contributed by atoms with E-state index in [1.165, 1.54) is 5.56 Å². The van der Waals surface area contributed by atoms with Gasteiger partial charge in [-0.1, -0.05) is 30.3 Å². The number of nitrogens with one attached hydrogen (secondary N) is 3. The Morgan fingerprint density at radius 2 is 1.79 bits per heavy atom. The molecule has 0 atom stereocenters. The first kappa shape index (κ1) is 22.1. The number of H-pyrrole nitrogens is 1. The van der Waals surface area contributed by atoms with Crippen LogP contribution in [0.1, 0.15) is 22.9 Å². The Balaban J connectivity index is 0.00000140. The minimum atomic E-state index is 0. The molecule has 3 heterocycles. The molecule has 0 saturated carbocycles. The third-order valence-corrected chi connectivity index (χ3v) is 4.51. The molecule has 0 fully saturated rings. The molecule has 0 radical (unpaired) electrons. The molecule has 2 aromatic heterocycles. The van der Waals surface area contributed by atoms with Crippen molar-refractivity contribution in [3.8, 4) is 11.4 Å². The van der Waals surface area contributed by atoms with Gasteiger partial charge in [-0.3, -0.25) is 5.10 Å². The second-order valence-corrected chi connectivity index (χ2v) is 6.44. The molecule has 3 aromatic rings. The van der Waals surface area contributed by atoms with Crippen molar-refractivity contribution in [2.45, 2.75) is 26.2 Å². The number of fused-ring (bicyclic) bond motifs is 1. The minimum absolute atomic E-state index is 0. The number of aromatic nitrogens is 5. The van der Waals surface area contributed by atoms with Crippen LogP contribution in [0, 0.1) is 6.92 Å². The first-order valence-electron chi connectivity index (χ1n) is 9.07. The van der Waals surface area contributed by atoms with Crippen LogP contribution < -0.4 is 10.6 Å². The summed E-state index contributed by atoms with van der Waals surface area (Å²) in [5, 5.41) is 14.2. The summed E-state index contributed by atoms with van der Waals surface area (Å²) in [6.45, 7) is 4.64. The molecule has 150 valence electrons. The van der Waals surface area contributed by atoms with Gasteiger partial charge in [0.2, 0.25) is 0 Å². The molecule has 0 aliphatic carbocycles. The first-order chi connectivity index (χ1) is 12.8. The van der Waals surface area contributed by atoms with E-state index in [4.69, 9.17) is 0 Å². The molecule has 0 bridgehead atoms. The molecule has 0 unspecified atom stereocenters. The van der Waals surface area contributed by atoms with Crippen molar-refractivity contribution >= 4 is 30.6 Å². The molecule has 0 amide bonds. The van der Waals surface area contributed by atoms with Crippen LogP contribution in [0.2, 0.25) is 0 Å². The molecule has 28 heavy (non-hydrogen) atoms. The number of aromatic amines is 1. The molecular formula is C19H25Cl2N7. The van der Waals surface area contributed by atoms with Crippen LogP contribution in [0.3, 0.4) is 0 Å². The highest BCUT2D eigenvalue weighted by atomic mass is 35.5. The number of hydrogen-bond donors (Lipinski definition) is 3. The number of hydrogen-bond acceptors (Lipinski definition) is 6. The molecule has 7 nitrogen and oxygen atoms in total. The van der Waals surface area contributed by atoms with Gasteiger partial charge in [0.15, 0.2) is 5.82 Å². The van der Waals surface area contributed by atoms with Crippen molar-refractivity contribution in [1.82, 2.24) is 30.5 Å². The van der Waals surface area contributed by atoms with Gasteiger partial charge in [-0.05, 0) is 19.9 Å². The average molecular weight is 422 g/mol. The fourth-order valence-corrected chi connectivity index (χ4v) is 3.24. The summed E-state index contributed by atoms with van der Waals surface area (Å²) in [5.74, 6) is 3.38. The lowest BCUT2D eigenvalue weighted by atomic mass is 10.1. The normalized spacial score (nSPS) is 12.9. The van der Waals surface area contributed by atoms with Crippen molar-refractivity contribution in [3.05, 3.63) is 53.2 Å². The second-order valence-electron chi connectivity index (χ2n) is 6.44. The quantitative estimate of drug-likeness (QED) is 0.586. The van der Waals surface area contributed by atoms with Gasteiger partial charge in [-0.15, -0.1) is 24.8 Å². The van der Waals surface area contributed by atoms with Crippen LogP contribution in [0.25, 0.3) is 11.4 Å². The minimum Gasteiger partial charge on any atom is -0.369 e. The predicted molar refractivity (Wildman–Crippen MR) is 116 cm³/mol. The molecule has 1 aliphatic rings. The predicted octanol–water partition coefficient (Wildman–Crippen LogP) is 2.76. The number of benzene rings is 1. The summed E-state index contributed by atoms with van der Waals surface area (Å²) in [7, 11) is 0. The number of nitrogens with zero attached hydrogens (tertiary/aromatic N) is 4. The second kappa shape index (κ2) is 10.4. The topological polar surface area (TPSA) is 91.4 Å². The highest BCUT2D eigenvalue weighted by molar-refractivity contribution is 5.85. The van der Waals surface area contributed by atoms with E-state index >= 15 is 0 Å². The fourth-order valence-electron chi connectivity index (χ4n) is 3.24. The van der Waals surface area contributed by atoms with E-state index in [9.17, 15) is 0 Å². The lowest BCUT2D eigenvalue weighted by Crippen LogP contribution is -2.16. The van der Waals surface area contributed by atoms with Crippen LogP contribution in [0.5, 0.6) is 0 Å². The summed E-state index contributed by atoms with van der Waals surface area (Å²) >= 11 is 0. The largest absolute Gasteiger partial charge is 0.369 e. The molecule has 1 aliphatic heterocycles. The van der Waals surface area contributed by atoms with Crippen LogP contribution >= 0.6 is 24.8 Å². The lowest BCUT2D eigenvalue weighted by molar-refractivity contribution is 0.708. The molecule has 0 saturated heterocycles. The van der Waals surface area contributed by atoms with Gasteiger partial charge in [0, 0.05) is 37.1 Å². The molecule has 3 N–H and O–H groups in total. The summed E-state index contributed by atoms with van der Waals surface area (Å²) in [5.41, 5.74) is 3.42. The van der Waals surface area contributed by atoms with Crippen LogP contribution in [-0.4, -0.2) is 44.8 Å². The average Bonchev–Trinajstić information content (AvgIpc) is 3.00. The highest BCUT2D eigenvalue weighted by Gasteiger charge is 2.15. The van der Waals surface area contributed by atoms with E-state index in [0.717, 1.165) is 73.4 Å². The van der Waals surface area contributed by atoms with E-state index in [0.29, 0.717) is 0 Å². The maximum atomic E-state index is 4.62. The Bertz CT molecular complexity index is 883. The maximum Gasteiger partial charge on any atom is 0.181 e. The van der Waals surface area contributed by atoms with Gasteiger partial charge in [-0.25, -0.2) is 15.0 Å². The fraction of sp³-hybridized carbons (Fsp3) is 0.368. The molecular weight excluding hydrogens is 397 g/mol. The zero-order valence-corrected chi connectivity index (χ0v) is 17.4. The number of aryl methyl sites for hydroxylation is 1. The van der Waals surface area contributed by atoms with Crippen molar-refractivity contribution in [2.75, 3.05) is 25.0 Å².